The number of carbonyl (C=O) groups is 1. The van der Waals surface area contributed by atoms with E-state index in [4.69, 9.17) is 0 Å². The lowest BCUT2D eigenvalue weighted by atomic mass is 10.3. The van der Waals surface area contributed by atoms with Gasteiger partial charge in [0.25, 0.3) is 5.56 Å². The number of hydrogen-bond acceptors (Lipinski definition) is 6. The average Bonchev–Trinajstić information content (AvgIpc) is 2.58. The molecule has 2 aromatic heterocycles. The monoisotopic (exact) mass is 419 g/mol. The minimum atomic E-state index is -0.345. The normalized spacial score (nSPS) is 10.8. The molecule has 3 aromatic rings. The van der Waals surface area contributed by atoms with Crippen LogP contribution in [0.3, 0.4) is 0 Å². The van der Waals surface area contributed by atoms with E-state index in [0.29, 0.717) is 21.9 Å². The number of rotatable bonds is 5. The molecule has 25 heavy (non-hydrogen) atoms. The number of hydrogen-bond donors (Lipinski definition) is 1. The van der Waals surface area contributed by atoms with E-state index in [1.54, 1.807) is 12.1 Å². The summed E-state index contributed by atoms with van der Waals surface area (Å²) in [4.78, 5) is 37.2. The number of carbonyl (C=O) groups excluding carboxylic acids is 1. The molecule has 1 N–H and O–H groups in total. The van der Waals surface area contributed by atoms with Crippen molar-refractivity contribution in [2.45, 2.75) is 18.6 Å². The number of anilines is 1. The second-order valence-electron chi connectivity index (χ2n) is 5.06. The zero-order chi connectivity index (χ0) is 17.8. The Labute approximate surface area is 156 Å². The molecule has 0 saturated heterocycles. The molecule has 0 aliphatic heterocycles. The fraction of sp³-hybridized carbons (Fsp3) is 0.188. The predicted octanol–water partition coefficient (Wildman–Crippen LogP) is 2.70. The van der Waals surface area contributed by atoms with Gasteiger partial charge in [-0.05, 0) is 24.0 Å². The van der Waals surface area contributed by atoms with Crippen LogP contribution >= 0.6 is 27.7 Å². The highest BCUT2D eigenvalue weighted by Gasteiger charge is 2.10. The van der Waals surface area contributed by atoms with Crippen molar-refractivity contribution in [2.75, 3.05) is 11.1 Å². The second-order valence-corrected chi connectivity index (χ2v) is 7.21. The van der Waals surface area contributed by atoms with E-state index >= 15 is 0 Å². The molecule has 0 aliphatic carbocycles. The van der Waals surface area contributed by atoms with Crippen LogP contribution < -0.4 is 10.9 Å². The Hall–Kier alpha value is -2.26. The van der Waals surface area contributed by atoms with Crippen LogP contribution in [0.25, 0.3) is 11.0 Å². The van der Waals surface area contributed by atoms with E-state index in [2.05, 4.69) is 36.2 Å². The third-order valence-corrected chi connectivity index (χ3v) is 4.49. The number of halogens is 1. The molecule has 1 aromatic carbocycles. The van der Waals surface area contributed by atoms with Crippen LogP contribution in [0.1, 0.15) is 6.92 Å². The SMILES string of the molecule is CCSc1ncc2c(=O)n(CC(=O)Nc3cccc(Br)c3)cnc2n1. The number of nitrogens with zero attached hydrogens (tertiary/aromatic N) is 4. The fourth-order valence-electron chi connectivity index (χ4n) is 2.17. The van der Waals surface area contributed by atoms with Crippen LogP contribution in [0, 0.1) is 0 Å². The lowest BCUT2D eigenvalue weighted by Gasteiger charge is -2.08. The van der Waals surface area contributed by atoms with Gasteiger partial charge in [0.15, 0.2) is 10.8 Å². The third kappa shape index (κ3) is 4.23. The maximum absolute atomic E-state index is 12.5. The summed E-state index contributed by atoms with van der Waals surface area (Å²) >= 11 is 4.82. The van der Waals surface area contributed by atoms with Crippen molar-refractivity contribution >= 4 is 50.3 Å². The summed E-state index contributed by atoms with van der Waals surface area (Å²) in [5, 5.41) is 3.61. The van der Waals surface area contributed by atoms with Gasteiger partial charge in [-0.3, -0.25) is 14.2 Å². The molecule has 0 bridgehead atoms. The minimum absolute atomic E-state index is 0.139. The van der Waals surface area contributed by atoms with Gasteiger partial charge in [0, 0.05) is 16.4 Å². The molecule has 0 aliphatic rings. The van der Waals surface area contributed by atoms with Gasteiger partial charge in [0.2, 0.25) is 5.91 Å². The Kier molecular flexibility index (Phi) is 5.44. The number of benzene rings is 1. The molecule has 0 fully saturated rings. The third-order valence-electron chi connectivity index (χ3n) is 3.25. The van der Waals surface area contributed by atoms with Crippen molar-refractivity contribution in [3.05, 3.63) is 51.6 Å². The lowest BCUT2D eigenvalue weighted by molar-refractivity contribution is -0.116. The van der Waals surface area contributed by atoms with Crippen molar-refractivity contribution in [1.29, 1.82) is 0 Å². The quantitative estimate of drug-likeness (QED) is 0.504. The number of aromatic nitrogens is 4. The highest BCUT2D eigenvalue weighted by molar-refractivity contribution is 9.10. The largest absolute Gasteiger partial charge is 0.324 e. The molecule has 0 atom stereocenters. The highest BCUT2D eigenvalue weighted by Crippen LogP contribution is 2.16. The van der Waals surface area contributed by atoms with Crippen molar-refractivity contribution in [2.24, 2.45) is 0 Å². The van der Waals surface area contributed by atoms with Gasteiger partial charge in [-0.2, -0.15) is 0 Å². The highest BCUT2D eigenvalue weighted by atomic mass is 79.9. The van der Waals surface area contributed by atoms with E-state index < -0.39 is 0 Å². The first-order chi connectivity index (χ1) is 12.1. The molecular formula is C16H14BrN5O2S. The molecule has 128 valence electrons. The number of nitrogens with one attached hydrogen (secondary N) is 1. The first-order valence-electron chi connectivity index (χ1n) is 7.47. The van der Waals surface area contributed by atoms with E-state index in [1.165, 1.54) is 28.9 Å². The summed E-state index contributed by atoms with van der Waals surface area (Å²) in [5.41, 5.74) is 0.632. The smallest absolute Gasteiger partial charge is 0.264 e. The van der Waals surface area contributed by atoms with Gasteiger partial charge in [-0.15, -0.1) is 0 Å². The van der Waals surface area contributed by atoms with Crippen molar-refractivity contribution < 1.29 is 4.79 Å². The Morgan fingerprint density at radius 3 is 2.96 bits per heavy atom. The lowest BCUT2D eigenvalue weighted by Crippen LogP contribution is -2.28. The summed E-state index contributed by atoms with van der Waals surface area (Å²) in [6, 6.07) is 7.22. The summed E-state index contributed by atoms with van der Waals surface area (Å²) in [5.74, 6) is 0.513. The van der Waals surface area contributed by atoms with Crippen LogP contribution in [0.2, 0.25) is 0 Å². The minimum Gasteiger partial charge on any atom is -0.324 e. The van der Waals surface area contributed by atoms with Crippen molar-refractivity contribution in [1.82, 2.24) is 19.5 Å². The van der Waals surface area contributed by atoms with Crippen LogP contribution in [0.15, 0.2) is 51.2 Å². The second kappa shape index (κ2) is 7.75. The maximum Gasteiger partial charge on any atom is 0.264 e. The van der Waals surface area contributed by atoms with Crippen LogP contribution in [0.4, 0.5) is 5.69 Å². The molecule has 7 nitrogen and oxygen atoms in total. The molecule has 2 heterocycles. The van der Waals surface area contributed by atoms with E-state index in [1.807, 2.05) is 19.1 Å². The van der Waals surface area contributed by atoms with Crippen LogP contribution in [0.5, 0.6) is 0 Å². The predicted molar refractivity (Wildman–Crippen MR) is 101 cm³/mol. The van der Waals surface area contributed by atoms with E-state index in [0.717, 1.165) is 10.2 Å². The molecule has 0 spiro atoms. The van der Waals surface area contributed by atoms with Gasteiger partial charge in [0.05, 0.1) is 0 Å². The van der Waals surface area contributed by atoms with Crippen molar-refractivity contribution in [3.8, 4) is 0 Å². The molecule has 9 heteroatoms. The summed E-state index contributed by atoms with van der Waals surface area (Å²) in [6.07, 6.45) is 2.79. The van der Waals surface area contributed by atoms with Crippen LogP contribution in [-0.4, -0.2) is 31.2 Å². The van der Waals surface area contributed by atoms with Crippen molar-refractivity contribution in [3.63, 3.8) is 0 Å². The zero-order valence-corrected chi connectivity index (χ0v) is 15.7. The average molecular weight is 420 g/mol. The standard InChI is InChI=1S/C16H14BrN5O2S/c1-2-25-16-18-7-12-14(21-16)19-9-22(15(12)24)8-13(23)20-11-5-3-4-10(17)6-11/h3-7,9H,2,8H2,1H3,(H,20,23). The van der Waals surface area contributed by atoms with Gasteiger partial charge in [-0.1, -0.05) is 40.7 Å². The molecule has 3 rings (SSSR count). The molecular weight excluding hydrogens is 406 g/mol. The van der Waals surface area contributed by atoms with Gasteiger partial charge in [-0.25, -0.2) is 15.0 Å². The fourth-order valence-corrected chi connectivity index (χ4v) is 3.11. The summed E-state index contributed by atoms with van der Waals surface area (Å²) < 4.78 is 2.10. The van der Waals surface area contributed by atoms with Gasteiger partial charge < -0.3 is 5.32 Å². The summed E-state index contributed by atoms with van der Waals surface area (Å²) in [7, 11) is 0. The van der Waals surface area contributed by atoms with Crippen LogP contribution in [-0.2, 0) is 11.3 Å². The number of fused-ring (bicyclic) bond motifs is 1. The Morgan fingerprint density at radius 2 is 2.20 bits per heavy atom. The van der Waals surface area contributed by atoms with Gasteiger partial charge >= 0.3 is 0 Å². The Morgan fingerprint density at radius 1 is 1.36 bits per heavy atom. The topological polar surface area (TPSA) is 89.8 Å². The van der Waals surface area contributed by atoms with E-state index in [-0.39, 0.29) is 18.0 Å². The maximum atomic E-state index is 12.5. The Bertz CT molecular complexity index is 992. The number of thioether (sulfide) groups is 1. The number of amides is 1. The zero-order valence-electron chi connectivity index (χ0n) is 13.3. The van der Waals surface area contributed by atoms with E-state index in [9.17, 15) is 9.59 Å². The first-order valence-corrected chi connectivity index (χ1v) is 9.25. The molecule has 0 unspecified atom stereocenters. The summed E-state index contributed by atoms with van der Waals surface area (Å²) in [6.45, 7) is 1.85. The van der Waals surface area contributed by atoms with Gasteiger partial charge in [0.1, 0.15) is 18.3 Å². The first kappa shape index (κ1) is 17.6. The molecule has 1 amide bonds. The molecule has 0 saturated carbocycles. The molecule has 0 radical (unpaired) electrons. The Balaban J connectivity index is 1.81.